The fourth-order valence-corrected chi connectivity index (χ4v) is 2.21. The molecule has 0 aliphatic rings. The number of ether oxygens (including phenoxy) is 1. The van der Waals surface area contributed by atoms with E-state index >= 15 is 0 Å². The quantitative estimate of drug-likeness (QED) is 0.804. The summed E-state index contributed by atoms with van der Waals surface area (Å²) >= 11 is 0. The molecule has 0 saturated carbocycles. The van der Waals surface area contributed by atoms with Crippen molar-refractivity contribution in [3.63, 3.8) is 0 Å². The first-order valence-electron chi connectivity index (χ1n) is 8.46. The third kappa shape index (κ3) is 5.64. The zero-order chi connectivity index (χ0) is 18.2. The average Bonchev–Trinajstić information content (AvgIpc) is 2.60. The summed E-state index contributed by atoms with van der Waals surface area (Å²) in [6.07, 6.45) is 0.980. The molecule has 0 bridgehead atoms. The van der Waals surface area contributed by atoms with Gasteiger partial charge in [0.05, 0.1) is 6.10 Å². The van der Waals surface area contributed by atoms with Gasteiger partial charge in [-0.2, -0.15) is 0 Å². The number of carbonyl (C=O) groups is 2. The van der Waals surface area contributed by atoms with Crippen LogP contribution in [0.4, 0.5) is 5.69 Å². The summed E-state index contributed by atoms with van der Waals surface area (Å²) in [7, 11) is 0. The fourth-order valence-electron chi connectivity index (χ4n) is 2.21. The largest absolute Gasteiger partial charge is 0.491 e. The maximum Gasteiger partial charge on any atom is 0.255 e. The van der Waals surface area contributed by atoms with Gasteiger partial charge in [-0.3, -0.25) is 9.59 Å². The molecule has 132 valence electrons. The number of benzene rings is 2. The minimum atomic E-state index is -0.209. The Kier molecular flexibility index (Phi) is 6.57. The molecular formula is C20H24N2O3. The van der Waals surface area contributed by atoms with Crippen molar-refractivity contribution >= 4 is 17.5 Å². The molecule has 0 spiro atoms. The minimum absolute atomic E-state index is 0.0905. The predicted octanol–water partition coefficient (Wildman–Crippen LogP) is 3.87. The van der Waals surface area contributed by atoms with Crippen LogP contribution < -0.4 is 15.4 Å². The molecule has 2 N–H and O–H groups in total. The van der Waals surface area contributed by atoms with Crippen molar-refractivity contribution in [2.75, 3.05) is 11.9 Å². The molecule has 5 heteroatoms. The van der Waals surface area contributed by atoms with E-state index in [1.807, 2.05) is 20.8 Å². The monoisotopic (exact) mass is 340 g/mol. The smallest absolute Gasteiger partial charge is 0.255 e. The Hall–Kier alpha value is -2.82. The summed E-state index contributed by atoms with van der Waals surface area (Å²) in [6.45, 7) is 6.55. The van der Waals surface area contributed by atoms with Gasteiger partial charge >= 0.3 is 0 Å². The molecule has 25 heavy (non-hydrogen) atoms. The van der Waals surface area contributed by atoms with E-state index in [9.17, 15) is 9.59 Å². The average molecular weight is 340 g/mol. The Balaban J connectivity index is 1.97. The Bertz CT molecular complexity index is 707. The molecule has 0 aliphatic carbocycles. The molecular weight excluding hydrogens is 316 g/mol. The van der Waals surface area contributed by atoms with Crippen LogP contribution in [0.15, 0.2) is 48.5 Å². The highest BCUT2D eigenvalue weighted by Gasteiger charge is 2.08. The van der Waals surface area contributed by atoms with Crippen molar-refractivity contribution < 1.29 is 14.3 Å². The molecule has 2 aromatic rings. The zero-order valence-corrected chi connectivity index (χ0v) is 14.8. The third-order valence-corrected chi connectivity index (χ3v) is 3.43. The van der Waals surface area contributed by atoms with E-state index in [-0.39, 0.29) is 17.9 Å². The van der Waals surface area contributed by atoms with Crippen LogP contribution in [0.3, 0.4) is 0 Å². The van der Waals surface area contributed by atoms with Crippen molar-refractivity contribution in [1.82, 2.24) is 5.32 Å². The van der Waals surface area contributed by atoms with Crippen LogP contribution in [0.1, 0.15) is 47.9 Å². The number of rotatable bonds is 7. The topological polar surface area (TPSA) is 67.4 Å². The molecule has 0 radical (unpaired) electrons. The highest BCUT2D eigenvalue weighted by Crippen LogP contribution is 2.16. The predicted molar refractivity (Wildman–Crippen MR) is 99.2 cm³/mol. The van der Waals surface area contributed by atoms with Gasteiger partial charge in [-0.25, -0.2) is 0 Å². The van der Waals surface area contributed by atoms with Gasteiger partial charge in [0, 0.05) is 23.4 Å². The molecule has 0 unspecified atom stereocenters. The molecule has 2 aromatic carbocycles. The lowest BCUT2D eigenvalue weighted by atomic mass is 10.1. The summed E-state index contributed by atoms with van der Waals surface area (Å²) in [4.78, 5) is 24.1. The molecule has 2 amide bonds. The first kappa shape index (κ1) is 18.5. The Labute approximate surface area is 148 Å². The van der Waals surface area contributed by atoms with Crippen molar-refractivity contribution in [2.45, 2.75) is 33.3 Å². The molecule has 0 fully saturated rings. The molecule has 0 atom stereocenters. The van der Waals surface area contributed by atoms with E-state index in [2.05, 4.69) is 10.6 Å². The summed E-state index contributed by atoms with van der Waals surface area (Å²) in [6, 6.07) is 13.8. The number of carbonyl (C=O) groups excluding carboxylic acids is 2. The van der Waals surface area contributed by atoms with Crippen molar-refractivity contribution in [2.24, 2.45) is 0 Å². The Morgan fingerprint density at radius 2 is 1.48 bits per heavy atom. The minimum Gasteiger partial charge on any atom is -0.491 e. The van der Waals surface area contributed by atoms with Crippen molar-refractivity contribution in [1.29, 1.82) is 0 Å². The number of hydrogen-bond acceptors (Lipinski definition) is 3. The third-order valence-electron chi connectivity index (χ3n) is 3.43. The molecule has 0 saturated heterocycles. The van der Waals surface area contributed by atoms with Crippen LogP contribution in [-0.2, 0) is 0 Å². The molecule has 0 aromatic heterocycles. The van der Waals surface area contributed by atoms with Crippen molar-refractivity contribution in [3.05, 3.63) is 59.7 Å². The maximum absolute atomic E-state index is 12.3. The van der Waals surface area contributed by atoms with Crippen LogP contribution in [0.25, 0.3) is 0 Å². The molecule has 0 aliphatic heterocycles. The lowest BCUT2D eigenvalue weighted by Gasteiger charge is -2.10. The van der Waals surface area contributed by atoms with Gasteiger partial charge in [-0.05, 0) is 68.8 Å². The summed E-state index contributed by atoms with van der Waals surface area (Å²) in [5, 5.41) is 5.63. The summed E-state index contributed by atoms with van der Waals surface area (Å²) in [5.41, 5.74) is 1.75. The summed E-state index contributed by atoms with van der Waals surface area (Å²) in [5.74, 6) is 0.411. The summed E-state index contributed by atoms with van der Waals surface area (Å²) < 4.78 is 5.56. The molecule has 0 heterocycles. The lowest BCUT2D eigenvalue weighted by Crippen LogP contribution is -2.23. The molecule has 2 rings (SSSR count). The number of nitrogens with one attached hydrogen (secondary N) is 2. The van der Waals surface area contributed by atoms with Gasteiger partial charge in [0.15, 0.2) is 0 Å². The number of amides is 2. The normalized spacial score (nSPS) is 10.4. The molecule has 5 nitrogen and oxygen atoms in total. The van der Waals surface area contributed by atoms with Crippen molar-refractivity contribution in [3.8, 4) is 5.75 Å². The maximum atomic E-state index is 12.3. The zero-order valence-electron chi connectivity index (χ0n) is 14.8. The number of anilines is 1. The van der Waals surface area contributed by atoms with Gasteiger partial charge in [-0.15, -0.1) is 0 Å². The van der Waals surface area contributed by atoms with Crippen LogP contribution >= 0.6 is 0 Å². The van der Waals surface area contributed by atoms with E-state index in [1.165, 1.54) is 0 Å². The highest BCUT2D eigenvalue weighted by molar-refractivity contribution is 6.04. The second-order valence-electron chi connectivity index (χ2n) is 5.98. The Morgan fingerprint density at radius 1 is 0.920 bits per heavy atom. The van der Waals surface area contributed by atoms with Crippen LogP contribution in [0, 0.1) is 0 Å². The van der Waals surface area contributed by atoms with E-state index < -0.39 is 0 Å². The highest BCUT2D eigenvalue weighted by atomic mass is 16.5. The SMILES string of the molecule is CCCNC(=O)c1ccc(NC(=O)c2ccc(OC(C)C)cc2)cc1. The van der Waals surface area contributed by atoms with E-state index in [0.29, 0.717) is 23.4 Å². The van der Waals surface area contributed by atoms with Crippen LogP contribution in [0.5, 0.6) is 5.75 Å². The van der Waals surface area contributed by atoms with E-state index in [1.54, 1.807) is 48.5 Å². The van der Waals surface area contributed by atoms with E-state index in [4.69, 9.17) is 4.74 Å². The second-order valence-corrected chi connectivity index (χ2v) is 5.98. The standard InChI is InChI=1S/C20H24N2O3/c1-4-13-21-19(23)15-5-9-17(10-6-15)22-20(24)16-7-11-18(12-8-16)25-14(2)3/h5-12,14H,4,13H2,1-3H3,(H,21,23)(H,22,24). The Morgan fingerprint density at radius 3 is 2.04 bits per heavy atom. The van der Waals surface area contributed by atoms with Crippen LogP contribution in [0.2, 0.25) is 0 Å². The van der Waals surface area contributed by atoms with Gasteiger partial charge in [0.25, 0.3) is 11.8 Å². The lowest BCUT2D eigenvalue weighted by molar-refractivity contribution is 0.0953. The number of hydrogen-bond donors (Lipinski definition) is 2. The first-order chi connectivity index (χ1) is 12.0. The van der Waals surface area contributed by atoms with E-state index in [0.717, 1.165) is 12.2 Å². The van der Waals surface area contributed by atoms with Gasteiger partial charge in [-0.1, -0.05) is 6.92 Å². The van der Waals surface area contributed by atoms with Gasteiger partial charge < -0.3 is 15.4 Å². The second kappa shape index (κ2) is 8.87. The van der Waals surface area contributed by atoms with Gasteiger partial charge in [0.1, 0.15) is 5.75 Å². The van der Waals surface area contributed by atoms with Gasteiger partial charge in [0.2, 0.25) is 0 Å². The van der Waals surface area contributed by atoms with Crippen LogP contribution in [-0.4, -0.2) is 24.5 Å². The first-order valence-corrected chi connectivity index (χ1v) is 8.46. The fraction of sp³-hybridized carbons (Fsp3) is 0.300.